The van der Waals surface area contributed by atoms with Crippen molar-refractivity contribution in [3.63, 3.8) is 0 Å². The first-order chi connectivity index (χ1) is 15.5. The number of carbonyl (C=O) groups is 2. The van der Waals surface area contributed by atoms with Crippen LogP contribution in [0.3, 0.4) is 0 Å². The zero-order valence-electron chi connectivity index (χ0n) is 18.6. The van der Waals surface area contributed by atoms with Gasteiger partial charge in [-0.25, -0.2) is 4.98 Å². The summed E-state index contributed by atoms with van der Waals surface area (Å²) in [6, 6.07) is 10.00. The molecular formula is C24H29N5O3. The molecular weight excluding hydrogens is 406 g/mol. The van der Waals surface area contributed by atoms with Crippen LogP contribution in [0.25, 0.3) is 0 Å². The topological polar surface area (TPSA) is 86.8 Å². The van der Waals surface area contributed by atoms with Gasteiger partial charge >= 0.3 is 0 Å². The van der Waals surface area contributed by atoms with E-state index in [0.29, 0.717) is 12.1 Å². The maximum absolute atomic E-state index is 12.2. The van der Waals surface area contributed by atoms with Gasteiger partial charge in [-0.05, 0) is 49.1 Å². The lowest BCUT2D eigenvalue weighted by molar-refractivity contribution is -0.123. The van der Waals surface area contributed by atoms with Crippen molar-refractivity contribution in [2.75, 3.05) is 43.4 Å². The van der Waals surface area contributed by atoms with E-state index in [1.54, 1.807) is 19.3 Å². The van der Waals surface area contributed by atoms with Crippen molar-refractivity contribution in [2.24, 2.45) is 0 Å². The van der Waals surface area contributed by atoms with Crippen molar-refractivity contribution >= 4 is 23.2 Å². The van der Waals surface area contributed by atoms with Crippen LogP contribution < -0.4 is 20.3 Å². The molecule has 32 heavy (non-hydrogen) atoms. The minimum atomic E-state index is -0.406. The number of piperazine rings is 1. The molecule has 2 N–H and O–H groups in total. The van der Waals surface area contributed by atoms with Gasteiger partial charge in [0.15, 0.2) is 6.10 Å². The van der Waals surface area contributed by atoms with Gasteiger partial charge in [0.2, 0.25) is 0 Å². The average Bonchev–Trinajstić information content (AvgIpc) is 3.65. The van der Waals surface area contributed by atoms with Gasteiger partial charge in [0.25, 0.3) is 11.8 Å². The summed E-state index contributed by atoms with van der Waals surface area (Å²) in [5, 5.41) is 5.62. The first-order valence-electron chi connectivity index (χ1n) is 11.3. The molecule has 168 valence electrons. The maximum Gasteiger partial charge on any atom is 0.269 e. The molecule has 5 rings (SSSR count). The first kappa shape index (κ1) is 20.8. The fourth-order valence-corrected chi connectivity index (χ4v) is 4.84. The lowest BCUT2D eigenvalue weighted by Crippen LogP contribution is -2.50. The smallest absolute Gasteiger partial charge is 0.269 e. The third kappa shape index (κ3) is 3.58. The molecule has 1 saturated carbocycles. The van der Waals surface area contributed by atoms with Gasteiger partial charge in [-0.3, -0.25) is 14.5 Å². The molecule has 1 aliphatic carbocycles. The Hall–Kier alpha value is -3.13. The molecule has 2 fully saturated rings. The second kappa shape index (κ2) is 8.09. The monoisotopic (exact) mass is 435 g/mol. The van der Waals surface area contributed by atoms with Crippen molar-refractivity contribution < 1.29 is 14.3 Å². The molecule has 0 bridgehead atoms. The molecule has 8 nitrogen and oxygen atoms in total. The van der Waals surface area contributed by atoms with Crippen LogP contribution in [0.4, 0.5) is 11.4 Å². The average molecular weight is 436 g/mol. The van der Waals surface area contributed by atoms with Gasteiger partial charge in [-0.2, -0.15) is 0 Å². The van der Waals surface area contributed by atoms with Gasteiger partial charge in [-0.1, -0.05) is 13.0 Å². The Balaban J connectivity index is 1.27. The minimum Gasteiger partial charge on any atom is -0.478 e. The van der Waals surface area contributed by atoms with Crippen LogP contribution in [-0.2, 0) is 10.3 Å². The molecule has 0 radical (unpaired) electrons. The molecule has 1 atom stereocenters. The van der Waals surface area contributed by atoms with Gasteiger partial charge in [0.1, 0.15) is 11.4 Å². The standard InChI is InChI=1S/C24H29N5O3/c1-3-20-23(31)27-19-14-16(4-7-21(19)32-20)24(8-9-24)29-12-10-28(11-13-29)17-5-6-18(26-15-17)22(30)25-2/h4-7,14-15,20H,3,8-13H2,1-2H3,(H,25,30)(H,27,31)/t20-/m0/s1. The molecule has 2 amide bonds. The summed E-state index contributed by atoms with van der Waals surface area (Å²) in [4.78, 5) is 33.1. The molecule has 1 aromatic carbocycles. The van der Waals surface area contributed by atoms with Crippen LogP contribution in [0, 0.1) is 0 Å². The summed E-state index contributed by atoms with van der Waals surface area (Å²) in [7, 11) is 1.61. The summed E-state index contributed by atoms with van der Waals surface area (Å²) >= 11 is 0. The van der Waals surface area contributed by atoms with E-state index < -0.39 is 6.10 Å². The number of amides is 2. The Morgan fingerprint density at radius 1 is 1.22 bits per heavy atom. The number of nitrogens with one attached hydrogen (secondary N) is 2. The number of aromatic nitrogens is 1. The molecule has 3 aliphatic rings. The number of fused-ring (bicyclic) bond motifs is 1. The first-order valence-corrected chi connectivity index (χ1v) is 11.3. The Bertz CT molecular complexity index is 1030. The lowest BCUT2D eigenvalue weighted by atomic mass is 10.00. The largest absolute Gasteiger partial charge is 0.478 e. The second-order valence-electron chi connectivity index (χ2n) is 8.70. The number of carbonyl (C=O) groups excluding carboxylic acids is 2. The highest BCUT2D eigenvalue weighted by Crippen LogP contribution is 2.52. The van der Waals surface area contributed by atoms with Crippen LogP contribution >= 0.6 is 0 Å². The molecule has 1 aromatic heterocycles. The highest BCUT2D eigenvalue weighted by Gasteiger charge is 2.50. The predicted molar refractivity (Wildman–Crippen MR) is 122 cm³/mol. The zero-order valence-corrected chi connectivity index (χ0v) is 18.6. The fraction of sp³-hybridized carbons (Fsp3) is 0.458. The number of benzene rings is 1. The quantitative estimate of drug-likeness (QED) is 0.750. The second-order valence-corrected chi connectivity index (χ2v) is 8.70. The van der Waals surface area contributed by atoms with Crippen molar-refractivity contribution in [3.8, 4) is 5.75 Å². The van der Waals surface area contributed by atoms with Crippen molar-refractivity contribution in [1.82, 2.24) is 15.2 Å². The van der Waals surface area contributed by atoms with E-state index in [9.17, 15) is 9.59 Å². The normalized spacial score (nSPS) is 21.9. The summed E-state index contributed by atoms with van der Waals surface area (Å²) < 4.78 is 5.86. The van der Waals surface area contributed by atoms with E-state index >= 15 is 0 Å². The van der Waals surface area contributed by atoms with Crippen LogP contribution in [0.5, 0.6) is 5.75 Å². The van der Waals surface area contributed by atoms with Crippen molar-refractivity contribution in [3.05, 3.63) is 47.8 Å². The van der Waals surface area contributed by atoms with Gasteiger partial charge in [0, 0.05) is 38.8 Å². The molecule has 2 aromatic rings. The lowest BCUT2D eigenvalue weighted by Gasteiger charge is -2.41. The van der Waals surface area contributed by atoms with Gasteiger partial charge in [-0.15, -0.1) is 0 Å². The number of nitrogens with zero attached hydrogens (tertiary/aromatic N) is 3. The van der Waals surface area contributed by atoms with Crippen LogP contribution in [0.15, 0.2) is 36.5 Å². The predicted octanol–water partition coefficient (Wildman–Crippen LogP) is 2.36. The van der Waals surface area contributed by atoms with E-state index in [4.69, 9.17) is 4.74 Å². The SMILES string of the molecule is CC[C@@H]1Oc2ccc(C3(N4CCN(c5ccc(C(=O)NC)nc5)CC4)CC3)cc2NC1=O. The Morgan fingerprint density at radius 2 is 2.00 bits per heavy atom. The number of hydrogen-bond acceptors (Lipinski definition) is 6. The van der Waals surface area contributed by atoms with Crippen LogP contribution in [-0.4, -0.2) is 61.0 Å². The molecule has 3 heterocycles. The maximum atomic E-state index is 12.2. The van der Waals surface area contributed by atoms with E-state index in [2.05, 4.69) is 37.6 Å². The number of ether oxygens (including phenoxy) is 1. The third-order valence-corrected chi connectivity index (χ3v) is 6.89. The number of rotatable bonds is 5. The number of anilines is 2. The summed E-state index contributed by atoms with van der Waals surface area (Å²) in [6.45, 7) is 5.68. The molecule has 8 heteroatoms. The van der Waals surface area contributed by atoms with Gasteiger partial charge < -0.3 is 20.3 Å². The van der Waals surface area contributed by atoms with E-state index in [1.165, 1.54) is 5.56 Å². The number of pyridine rings is 1. The van der Waals surface area contributed by atoms with E-state index in [0.717, 1.165) is 56.1 Å². The summed E-state index contributed by atoms with van der Waals surface area (Å²) in [5.74, 6) is 0.522. The van der Waals surface area contributed by atoms with Crippen molar-refractivity contribution in [2.45, 2.75) is 37.8 Å². The van der Waals surface area contributed by atoms with E-state index in [1.807, 2.05) is 19.1 Å². The molecule has 0 unspecified atom stereocenters. The highest BCUT2D eigenvalue weighted by molar-refractivity contribution is 5.97. The van der Waals surface area contributed by atoms with Crippen molar-refractivity contribution in [1.29, 1.82) is 0 Å². The highest BCUT2D eigenvalue weighted by atomic mass is 16.5. The molecule has 2 aliphatic heterocycles. The minimum absolute atomic E-state index is 0.0504. The zero-order chi connectivity index (χ0) is 22.3. The molecule has 0 spiro atoms. The summed E-state index contributed by atoms with van der Waals surface area (Å²) in [5.41, 5.74) is 3.56. The van der Waals surface area contributed by atoms with E-state index in [-0.39, 0.29) is 17.4 Å². The fourth-order valence-electron chi connectivity index (χ4n) is 4.84. The number of hydrogen-bond donors (Lipinski definition) is 2. The molecule has 1 saturated heterocycles. The summed E-state index contributed by atoms with van der Waals surface area (Å²) in [6.07, 6.45) is 4.28. The Morgan fingerprint density at radius 3 is 2.62 bits per heavy atom. The van der Waals surface area contributed by atoms with Gasteiger partial charge in [0.05, 0.1) is 17.6 Å². The van der Waals surface area contributed by atoms with Crippen LogP contribution in [0.1, 0.15) is 42.2 Å². The van der Waals surface area contributed by atoms with Crippen LogP contribution in [0.2, 0.25) is 0 Å². The third-order valence-electron chi connectivity index (χ3n) is 6.89. The Labute approximate surface area is 187 Å². The Kier molecular flexibility index (Phi) is 5.25.